The van der Waals surface area contributed by atoms with Crippen LogP contribution >= 0.6 is 0 Å². The van der Waals surface area contributed by atoms with Crippen LogP contribution in [0.4, 0.5) is 0 Å². The molecule has 0 spiro atoms. The van der Waals surface area contributed by atoms with E-state index in [-0.39, 0.29) is 11.9 Å². The van der Waals surface area contributed by atoms with Crippen molar-refractivity contribution < 1.29 is 19.3 Å². The highest BCUT2D eigenvalue weighted by molar-refractivity contribution is 5.89. The highest BCUT2D eigenvalue weighted by Crippen LogP contribution is 2.29. The van der Waals surface area contributed by atoms with Crippen LogP contribution in [0.3, 0.4) is 0 Å². The van der Waals surface area contributed by atoms with Gasteiger partial charge in [0.25, 0.3) is 5.91 Å². The summed E-state index contributed by atoms with van der Waals surface area (Å²) in [6.45, 7) is 2.08. The van der Waals surface area contributed by atoms with E-state index in [0.717, 1.165) is 19.3 Å². The predicted molar refractivity (Wildman–Crippen MR) is 85.2 cm³/mol. The Hall–Kier alpha value is -1.92. The Morgan fingerprint density at radius 3 is 2.57 bits per heavy atom. The molecule has 6 nitrogen and oxygen atoms in total. The van der Waals surface area contributed by atoms with Gasteiger partial charge in [0.05, 0.1) is 12.7 Å². The second-order valence-corrected chi connectivity index (χ2v) is 5.66. The quantitative estimate of drug-likeness (QED) is 0.753. The standard InChI is InChI=1S/C17H24N2O4/c1-4-8-14-11-12-15(16(20)18(2)22-3)19(14)23-17(21)13-9-6-5-7-10-13/h5-7,9-10,14-15H,4,8,11-12H2,1-3H3/t14-,15+/m1/s1. The van der Waals surface area contributed by atoms with E-state index in [2.05, 4.69) is 6.92 Å². The summed E-state index contributed by atoms with van der Waals surface area (Å²) >= 11 is 0. The molecule has 1 saturated heterocycles. The zero-order chi connectivity index (χ0) is 16.8. The molecule has 126 valence electrons. The van der Waals surface area contributed by atoms with Crippen molar-refractivity contribution in [3.8, 4) is 0 Å². The smallest absolute Gasteiger partial charge is 0.357 e. The molecule has 1 amide bonds. The fourth-order valence-corrected chi connectivity index (χ4v) is 2.86. The van der Waals surface area contributed by atoms with Crippen LogP contribution in [0.1, 0.15) is 43.0 Å². The lowest BCUT2D eigenvalue weighted by Crippen LogP contribution is -2.47. The van der Waals surface area contributed by atoms with Gasteiger partial charge in [0.2, 0.25) is 0 Å². The van der Waals surface area contributed by atoms with Crippen molar-refractivity contribution in [1.29, 1.82) is 0 Å². The number of carbonyl (C=O) groups is 2. The summed E-state index contributed by atoms with van der Waals surface area (Å²) in [5.41, 5.74) is 0.473. The molecule has 2 rings (SSSR count). The SMILES string of the molecule is CCC[C@@H]1CC[C@@H](C(=O)N(C)OC)N1OC(=O)c1ccccc1. The summed E-state index contributed by atoms with van der Waals surface area (Å²) in [6.07, 6.45) is 3.32. The summed E-state index contributed by atoms with van der Waals surface area (Å²) in [5.74, 6) is -0.640. The summed E-state index contributed by atoms with van der Waals surface area (Å²) in [5, 5.41) is 2.75. The topological polar surface area (TPSA) is 59.1 Å². The third-order valence-corrected chi connectivity index (χ3v) is 4.13. The zero-order valence-electron chi connectivity index (χ0n) is 13.9. The van der Waals surface area contributed by atoms with Crippen LogP contribution in [0.2, 0.25) is 0 Å². The van der Waals surface area contributed by atoms with Crippen LogP contribution in [0.25, 0.3) is 0 Å². The lowest BCUT2D eigenvalue weighted by molar-refractivity contribution is -0.194. The van der Waals surface area contributed by atoms with E-state index < -0.39 is 12.0 Å². The Bertz CT molecular complexity index is 535. The Morgan fingerprint density at radius 1 is 1.26 bits per heavy atom. The molecule has 0 radical (unpaired) electrons. The van der Waals surface area contributed by atoms with Gasteiger partial charge >= 0.3 is 5.97 Å². The van der Waals surface area contributed by atoms with Gasteiger partial charge in [-0.1, -0.05) is 31.5 Å². The molecule has 0 aromatic heterocycles. The first kappa shape index (κ1) is 17.4. The summed E-state index contributed by atoms with van der Waals surface area (Å²) in [6, 6.07) is 8.37. The molecule has 1 aromatic rings. The first-order valence-electron chi connectivity index (χ1n) is 7.95. The van der Waals surface area contributed by atoms with Crippen LogP contribution < -0.4 is 0 Å². The van der Waals surface area contributed by atoms with E-state index in [1.165, 1.54) is 12.2 Å². The summed E-state index contributed by atoms with van der Waals surface area (Å²) in [7, 11) is 3.00. The third-order valence-electron chi connectivity index (χ3n) is 4.13. The lowest BCUT2D eigenvalue weighted by atomic mass is 10.1. The molecule has 0 saturated carbocycles. The molecule has 0 unspecified atom stereocenters. The summed E-state index contributed by atoms with van der Waals surface area (Å²) in [4.78, 5) is 35.3. The van der Waals surface area contributed by atoms with Crippen LogP contribution in [0, 0.1) is 0 Å². The third kappa shape index (κ3) is 4.09. The van der Waals surface area contributed by atoms with Crippen molar-refractivity contribution in [2.45, 2.75) is 44.7 Å². The molecule has 2 atom stereocenters. The molecule has 1 heterocycles. The van der Waals surface area contributed by atoms with Gasteiger partial charge in [-0.15, -0.1) is 5.06 Å². The predicted octanol–water partition coefficient (Wildman–Crippen LogP) is 2.41. The second-order valence-electron chi connectivity index (χ2n) is 5.66. The maximum Gasteiger partial charge on any atom is 0.357 e. The van der Waals surface area contributed by atoms with Crippen molar-refractivity contribution in [3.63, 3.8) is 0 Å². The minimum absolute atomic E-state index is 0.0619. The largest absolute Gasteiger partial charge is 0.363 e. The average molecular weight is 320 g/mol. The van der Waals surface area contributed by atoms with Crippen LogP contribution in [0.5, 0.6) is 0 Å². The number of amides is 1. The highest BCUT2D eigenvalue weighted by Gasteiger charge is 2.41. The van der Waals surface area contributed by atoms with E-state index in [9.17, 15) is 9.59 Å². The minimum atomic E-state index is -0.496. The molecule has 0 N–H and O–H groups in total. The lowest BCUT2D eigenvalue weighted by Gasteiger charge is -2.29. The molecule has 0 bridgehead atoms. The van der Waals surface area contributed by atoms with E-state index >= 15 is 0 Å². The Morgan fingerprint density at radius 2 is 1.96 bits per heavy atom. The minimum Gasteiger partial charge on any atom is -0.363 e. The molecular formula is C17H24N2O4. The first-order valence-corrected chi connectivity index (χ1v) is 7.95. The van der Waals surface area contributed by atoms with Gasteiger partial charge in [-0.25, -0.2) is 9.86 Å². The maximum atomic E-state index is 12.4. The van der Waals surface area contributed by atoms with Gasteiger partial charge in [-0.05, 0) is 31.4 Å². The Kier molecular flexibility index (Phi) is 6.12. The number of nitrogens with zero attached hydrogens (tertiary/aromatic N) is 2. The number of carbonyl (C=O) groups excluding carboxylic acids is 2. The van der Waals surface area contributed by atoms with Crippen molar-refractivity contribution in [3.05, 3.63) is 35.9 Å². The number of likely N-dealkylation sites (N-methyl/N-ethyl adjacent to an activating group) is 1. The van der Waals surface area contributed by atoms with E-state index in [1.807, 2.05) is 6.07 Å². The van der Waals surface area contributed by atoms with Crippen molar-refractivity contribution in [2.24, 2.45) is 0 Å². The van der Waals surface area contributed by atoms with Gasteiger partial charge in [0, 0.05) is 13.1 Å². The Labute approximate surface area is 136 Å². The van der Waals surface area contributed by atoms with Gasteiger partial charge in [-0.3, -0.25) is 9.63 Å². The fourth-order valence-electron chi connectivity index (χ4n) is 2.86. The fraction of sp³-hybridized carbons (Fsp3) is 0.529. The summed E-state index contributed by atoms with van der Waals surface area (Å²) < 4.78 is 0. The number of hydrogen-bond donors (Lipinski definition) is 0. The molecule has 0 aliphatic carbocycles. The van der Waals surface area contributed by atoms with Crippen molar-refractivity contribution >= 4 is 11.9 Å². The second kappa shape index (κ2) is 8.08. The number of benzene rings is 1. The molecule has 1 aliphatic heterocycles. The van der Waals surface area contributed by atoms with Crippen LogP contribution in [-0.2, 0) is 14.5 Å². The zero-order valence-corrected chi connectivity index (χ0v) is 13.9. The first-order chi connectivity index (χ1) is 11.1. The van der Waals surface area contributed by atoms with Crippen LogP contribution in [-0.4, -0.2) is 48.2 Å². The van der Waals surface area contributed by atoms with Gasteiger partial charge < -0.3 is 4.84 Å². The molecule has 1 aliphatic rings. The monoisotopic (exact) mass is 320 g/mol. The number of hydrogen-bond acceptors (Lipinski definition) is 5. The molecular weight excluding hydrogens is 296 g/mol. The normalized spacial score (nSPS) is 21.2. The number of rotatable bonds is 6. The Balaban J connectivity index is 2.14. The number of hydroxylamine groups is 4. The molecule has 6 heteroatoms. The molecule has 1 fully saturated rings. The van der Waals surface area contributed by atoms with E-state index in [4.69, 9.17) is 9.68 Å². The van der Waals surface area contributed by atoms with Gasteiger partial charge in [-0.2, -0.15) is 0 Å². The van der Waals surface area contributed by atoms with Gasteiger partial charge in [0.15, 0.2) is 0 Å². The van der Waals surface area contributed by atoms with Crippen molar-refractivity contribution in [1.82, 2.24) is 10.1 Å². The average Bonchev–Trinajstić information content (AvgIpc) is 2.97. The van der Waals surface area contributed by atoms with Crippen LogP contribution in [0.15, 0.2) is 30.3 Å². The van der Waals surface area contributed by atoms with Gasteiger partial charge in [0.1, 0.15) is 6.04 Å². The van der Waals surface area contributed by atoms with E-state index in [1.54, 1.807) is 36.4 Å². The molecule has 23 heavy (non-hydrogen) atoms. The van der Waals surface area contributed by atoms with E-state index in [0.29, 0.717) is 12.0 Å². The maximum absolute atomic E-state index is 12.4. The molecule has 1 aromatic carbocycles. The highest BCUT2D eigenvalue weighted by atomic mass is 16.7. The van der Waals surface area contributed by atoms with Crippen molar-refractivity contribution in [2.75, 3.05) is 14.2 Å².